The third-order valence-corrected chi connectivity index (χ3v) is 2.74. The molecule has 0 saturated carbocycles. The Bertz CT molecular complexity index is 595. The van der Waals surface area contributed by atoms with Gasteiger partial charge >= 0.3 is 6.18 Å². The van der Waals surface area contributed by atoms with Gasteiger partial charge in [0.05, 0.1) is 24.7 Å². The van der Waals surface area contributed by atoms with Gasteiger partial charge in [-0.3, -0.25) is 9.58 Å². The fourth-order valence-corrected chi connectivity index (χ4v) is 1.93. The molecule has 2 heterocycles. The molecular formula is C10H11ClF3N5. The van der Waals surface area contributed by atoms with Crippen LogP contribution in [0.3, 0.4) is 0 Å². The van der Waals surface area contributed by atoms with Gasteiger partial charge in [0.15, 0.2) is 5.65 Å². The third-order valence-electron chi connectivity index (χ3n) is 2.45. The van der Waals surface area contributed by atoms with Crippen LogP contribution >= 0.6 is 11.6 Å². The first-order valence-electron chi connectivity index (χ1n) is 5.35. The molecule has 0 aliphatic carbocycles. The van der Waals surface area contributed by atoms with Crippen molar-refractivity contribution in [3.8, 4) is 0 Å². The summed E-state index contributed by atoms with van der Waals surface area (Å²) in [5.74, 6) is 0.229. The number of aryl methyl sites for hydroxylation is 1. The van der Waals surface area contributed by atoms with E-state index in [1.165, 1.54) is 17.9 Å². The fourth-order valence-electron chi connectivity index (χ4n) is 1.70. The average molecular weight is 294 g/mol. The van der Waals surface area contributed by atoms with Crippen LogP contribution in [0.5, 0.6) is 0 Å². The molecule has 0 aromatic carbocycles. The lowest BCUT2D eigenvalue weighted by molar-refractivity contribution is -0.144. The second kappa shape index (κ2) is 4.93. The molecule has 9 heteroatoms. The number of halogens is 4. The minimum absolute atomic E-state index is 0.0413. The van der Waals surface area contributed by atoms with Crippen LogP contribution in [0, 0.1) is 0 Å². The number of rotatable bonds is 3. The van der Waals surface area contributed by atoms with Crippen molar-refractivity contribution in [3.63, 3.8) is 0 Å². The van der Waals surface area contributed by atoms with Crippen LogP contribution in [-0.2, 0) is 13.6 Å². The van der Waals surface area contributed by atoms with E-state index in [1.807, 2.05) is 0 Å². The molecule has 2 rings (SSSR count). The average Bonchev–Trinajstić information content (AvgIpc) is 2.58. The number of fused-ring (bicyclic) bond motifs is 1. The van der Waals surface area contributed by atoms with Crippen molar-refractivity contribution < 1.29 is 13.2 Å². The molecule has 0 saturated heterocycles. The maximum absolute atomic E-state index is 12.2. The minimum atomic E-state index is -4.25. The molecule has 2 aromatic rings. The lowest BCUT2D eigenvalue weighted by Gasteiger charge is -2.17. The summed E-state index contributed by atoms with van der Waals surface area (Å²) in [4.78, 5) is 9.22. The highest BCUT2D eigenvalue weighted by Gasteiger charge is 2.29. The molecule has 5 nitrogen and oxygen atoms in total. The van der Waals surface area contributed by atoms with Crippen molar-refractivity contribution >= 4 is 22.6 Å². The Balaban J connectivity index is 2.23. The van der Waals surface area contributed by atoms with Crippen LogP contribution in [0.1, 0.15) is 5.82 Å². The zero-order valence-corrected chi connectivity index (χ0v) is 11.0. The number of hydrogen-bond donors (Lipinski definition) is 0. The second-order valence-corrected chi connectivity index (χ2v) is 4.58. The number of aromatic nitrogens is 4. The van der Waals surface area contributed by atoms with Gasteiger partial charge in [0, 0.05) is 7.05 Å². The molecule has 0 atom stereocenters. The van der Waals surface area contributed by atoms with Crippen molar-refractivity contribution in [2.45, 2.75) is 12.7 Å². The van der Waals surface area contributed by atoms with E-state index in [1.54, 1.807) is 7.05 Å². The Morgan fingerprint density at radius 2 is 2.05 bits per heavy atom. The SMILES string of the molecule is CN(Cc1nc(Cl)c2cnn(C)c2n1)CC(F)(F)F. The smallest absolute Gasteiger partial charge is 0.291 e. The van der Waals surface area contributed by atoms with Crippen LogP contribution in [0.25, 0.3) is 11.0 Å². The van der Waals surface area contributed by atoms with Gasteiger partial charge in [-0.1, -0.05) is 11.6 Å². The summed E-state index contributed by atoms with van der Waals surface area (Å²) >= 11 is 5.95. The minimum Gasteiger partial charge on any atom is -0.291 e. The molecule has 0 bridgehead atoms. The predicted octanol–water partition coefficient (Wildman–Crippen LogP) is 2.01. The van der Waals surface area contributed by atoms with Crippen LogP contribution in [-0.4, -0.2) is 44.4 Å². The third kappa shape index (κ3) is 3.32. The van der Waals surface area contributed by atoms with E-state index in [-0.39, 0.29) is 17.5 Å². The van der Waals surface area contributed by atoms with E-state index in [0.29, 0.717) is 11.0 Å². The van der Waals surface area contributed by atoms with E-state index in [0.717, 1.165) is 4.90 Å². The van der Waals surface area contributed by atoms with Crippen molar-refractivity contribution in [2.75, 3.05) is 13.6 Å². The molecule has 0 radical (unpaired) electrons. The van der Waals surface area contributed by atoms with Crippen LogP contribution in [0.2, 0.25) is 5.15 Å². The van der Waals surface area contributed by atoms with Crippen molar-refractivity contribution in [3.05, 3.63) is 17.2 Å². The van der Waals surface area contributed by atoms with Crippen LogP contribution in [0.15, 0.2) is 6.20 Å². The molecule has 0 spiro atoms. The Morgan fingerprint density at radius 1 is 1.37 bits per heavy atom. The first kappa shape index (κ1) is 14.0. The summed E-state index contributed by atoms with van der Waals surface area (Å²) in [5.41, 5.74) is 0.496. The molecule has 0 aliphatic heterocycles. The summed E-state index contributed by atoms with van der Waals surface area (Å²) in [6.07, 6.45) is -2.74. The summed E-state index contributed by atoms with van der Waals surface area (Å²) in [5, 5.41) is 4.74. The zero-order chi connectivity index (χ0) is 14.2. The van der Waals surface area contributed by atoms with Crippen molar-refractivity contribution in [1.29, 1.82) is 0 Å². The predicted molar refractivity (Wildman–Crippen MR) is 63.7 cm³/mol. The number of alkyl halides is 3. The zero-order valence-electron chi connectivity index (χ0n) is 10.2. The van der Waals surface area contributed by atoms with E-state index in [9.17, 15) is 13.2 Å². The maximum Gasteiger partial charge on any atom is 0.401 e. The first-order chi connectivity index (χ1) is 8.76. The van der Waals surface area contributed by atoms with E-state index in [2.05, 4.69) is 15.1 Å². The maximum atomic E-state index is 12.2. The summed E-state index contributed by atoms with van der Waals surface area (Å²) in [6, 6.07) is 0. The molecule has 0 unspecified atom stereocenters. The van der Waals surface area contributed by atoms with Gasteiger partial charge in [-0.15, -0.1) is 0 Å². The number of hydrogen-bond acceptors (Lipinski definition) is 4. The molecule has 104 valence electrons. The van der Waals surface area contributed by atoms with Gasteiger partial charge in [-0.25, -0.2) is 9.97 Å². The first-order valence-corrected chi connectivity index (χ1v) is 5.73. The van der Waals surface area contributed by atoms with E-state index < -0.39 is 12.7 Å². The Morgan fingerprint density at radius 3 is 2.68 bits per heavy atom. The van der Waals surface area contributed by atoms with Gasteiger partial charge in [0.2, 0.25) is 0 Å². The number of nitrogens with zero attached hydrogens (tertiary/aromatic N) is 5. The quantitative estimate of drug-likeness (QED) is 0.812. The molecule has 0 N–H and O–H groups in total. The van der Waals surface area contributed by atoms with Crippen LogP contribution < -0.4 is 0 Å². The molecular weight excluding hydrogens is 283 g/mol. The fraction of sp³-hybridized carbons (Fsp3) is 0.500. The monoisotopic (exact) mass is 293 g/mol. The second-order valence-electron chi connectivity index (χ2n) is 4.22. The van der Waals surface area contributed by atoms with Gasteiger partial charge in [0.25, 0.3) is 0 Å². The molecule has 0 aliphatic rings. The molecule has 2 aromatic heterocycles. The highest BCUT2D eigenvalue weighted by Crippen LogP contribution is 2.20. The van der Waals surface area contributed by atoms with Crippen molar-refractivity contribution in [1.82, 2.24) is 24.6 Å². The Kier molecular flexibility index (Phi) is 3.64. The van der Waals surface area contributed by atoms with Crippen molar-refractivity contribution in [2.24, 2.45) is 7.05 Å². The van der Waals surface area contributed by atoms with E-state index in [4.69, 9.17) is 11.6 Å². The largest absolute Gasteiger partial charge is 0.401 e. The highest BCUT2D eigenvalue weighted by atomic mass is 35.5. The summed E-state index contributed by atoms with van der Waals surface area (Å²) in [7, 11) is 3.02. The summed E-state index contributed by atoms with van der Waals surface area (Å²) in [6.45, 7) is -1.07. The van der Waals surface area contributed by atoms with Gasteiger partial charge < -0.3 is 0 Å². The topological polar surface area (TPSA) is 46.8 Å². The van der Waals surface area contributed by atoms with E-state index >= 15 is 0 Å². The molecule has 19 heavy (non-hydrogen) atoms. The Labute approximate surface area is 112 Å². The normalized spacial score (nSPS) is 12.6. The van der Waals surface area contributed by atoms with Gasteiger partial charge in [0.1, 0.15) is 11.0 Å². The standard InChI is InChI=1S/C10H11ClF3N5/c1-18(5-10(12,13)14)4-7-16-8(11)6-3-15-19(2)9(6)17-7/h3H,4-5H2,1-2H3. The van der Waals surface area contributed by atoms with Gasteiger partial charge in [-0.2, -0.15) is 18.3 Å². The Hall–Kier alpha value is -1.41. The van der Waals surface area contributed by atoms with Gasteiger partial charge in [-0.05, 0) is 7.05 Å². The lowest BCUT2D eigenvalue weighted by Crippen LogP contribution is -2.31. The molecule has 0 amide bonds. The highest BCUT2D eigenvalue weighted by molar-refractivity contribution is 6.33. The van der Waals surface area contributed by atoms with Crippen LogP contribution in [0.4, 0.5) is 13.2 Å². The summed E-state index contributed by atoms with van der Waals surface area (Å²) < 4.78 is 38.2. The molecule has 0 fully saturated rings. The lowest BCUT2D eigenvalue weighted by atomic mass is 10.4.